The van der Waals surface area contributed by atoms with Gasteiger partial charge in [-0.15, -0.1) is 0 Å². The van der Waals surface area contributed by atoms with E-state index in [0.717, 1.165) is 38.5 Å². The molecule has 0 aromatic heterocycles. The van der Waals surface area contributed by atoms with Crippen LogP contribution in [0.5, 0.6) is 0 Å². The van der Waals surface area contributed by atoms with Crippen molar-refractivity contribution in [3.8, 4) is 0 Å². The van der Waals surface area contributed by atoms with Gasteiger partial charge in [0.25, 0.3) is 0 Å². The van der Waals surface area contributed by atoms with Crippen LogP contribution in [0.2, 0.25) is 0 Å². The van der Waals surface area contributed by atoms with Gasteiger partial charge in [0.2, 0.25) is 5.91 Å². The summed E-state index contributed by atoms with van der Waals surface area (Å²) in [5.74, 6) is -0.0793. The fourth-order valence-electron chi connectivity index (χ4n) is 4.32. The lowest BCUT2D eigenvalue weighted by atomic mass is 10.0. The molecule has 0 saturated heterocycles. The van der Waals surface area contributed by atoms with Gasteiger partial charge >= 0.3 is 0 Å². The van der Waals surface area contributed by atoms with Gasteiger partial charge in [-0.25, -0.2) is 0 Å². The van der Waals surface area contributed by atoms with E-state index in [9.17, 15) is 15.0 Å². The molecule has 2 atom stereocenters. The number of hydrogen-bond acceptors (Lipinski definition) is 3. The number of carbonyl (C=O) groups excluding carboxylic acids is 1. The Labute approximate surface area is 218 Å². The van der Waals surface area contributed by atoms with Crippen molar-refractivity contribution in [2.75, 3.05) is 6.61 Å². The molecule has 206 valence electrons. The minimum atomic E-state index is -0.852. The molecule has 0 aromatic carbocycles. The van der Waals surface area contributed by atoms with Crippen molar-refractivity contribution in [1.29, 1.82) is 0 Å². The Morgan fingerprint density at radius 1 is 0.657 bits per heavy atom. The van der Waals surface area contributed by atoms with Crippen LogP contribution in [0.15, 0.2) is 24.3 Å². The summed E-state index contributed by atoms with van der Waals surface area (Å²) in [5, 5.41) is 22.6. The highest BCUT2D eigenvalue weighted by molar-refractivity contribution is 5.76. The molecule has 0 aliphatic carbocycles. The molecular formula is C31H59NO3. The third-order valence-electron chi connectivity index (χ3n) is 6.67. The number of amides is 1. The van der Waals surface area contributed by atoms with Gasteiger partial charge in [-0.2, -0.15) is 0 Å². The quantitative estimate of drug-likeness (QED) is 0.0840. The van der Waals surface area contributed by atoms with E-state index in [1.165, 1.54) is 89.9 Å². The molecule has 35 heavy (non-hydrogen) atoms. The smallest absolute Gasteiger partial charge is 0.220 e. The highest BCUT2D eigenvalue weighted by Gasteiger charge is 2.17. The SMILES string of the molecule is CCC/C=C/CC/C=C/C(O)C(CO)NC(=O)CCCCCCCCCCCCCCCCCC. The summed E-state index contributed by atoms with van der Waals surface area (Å²) in [6, 6.07) is -0.629. The molecule has 0 heterocycles. The number of allylic oxidation sites excluding steroid dienone is 3. The Morgan fingerprint density at radius 2 is 1.11 bits per heavy atom. The van der Waals surface area contributed by atoms with Crippen LogP contribution in [0, 0.1) is 0 Å². The molecule has 0 aromatic rings. The first-order valence-electron chi connectivity index (χ1n) is 15.1. The maximum atomic E-state index is 12.2. The molecule has 4 heteroatoms. The monoisotopic (exact) mass is 493 g/mol. The van der Waals surface area contributed by atoms with Crippen molar-refractivity contribution < 1.29 is 15.0 Å². The Morgan fingerprint density at radius 3 is 1.60 bits per heavy atom. The van der Waals surface area contributed by atoms with Crippen LogP contribution < -0.4 is 5.32 Å². The Kier molecular flexibility index (Phi) is 26.6. The predicted octanol–water partition coefficient (Wildman–Crippen LogP) is 8.17. The van der Waals surface area contributed by atoms with E-state index in [-0.39, 0.29) is 12.5 Å². The van der Waals surface area contributed by atoms with Crippen LogP contribution in [0.25, 0.3) is 0 Å². The van der Waals surface area contributed by atoms with Crippen molar-refractivity contribution in [1.82, 2.24) is 5.32 Å². The van der Waals surface area contributed by atoms with Gasteiger partial charge in [-0.1, -0.05) is 141 Å². The molecule has 1 amide bonds. The van der Waals surface area contributed by atoms with Crippen molar-refractivity contribution in [2.24, 2.45) is 0 Å². The summed E-state index contributed by atoms with van der Waals surface area (Å²) in [5.41, 5.74) is 0. The van der Waals surface area contributed by atoms with Crippen molar-refractivity contribution >= 4 is 5.91 Å². The normalized spacial score (nSPS) is 13.6. The molecule has 0 fully saturated rings. The van der Waals surface area contributed by atoms with E-state index >= 15 is 0 Å². The highest BCUT2D eigenvalue weighted by atomic mass is 16.3. The third kappa shape index (κ3) is 24.3. The Hall–Kier alpha value is -1.13. The average Bonchev–Trinajstić information content (AvgIpc) is 2.86. The summed E-state index contributed by atoms with van der Waals surface area (Å²) in [4.78, 5) is 12.2. The number of nitrogens with one attached hydrogen (secondary N) is 1. The zero-order valence-corrected chi connectivity index (χ0v) is 23.3. The fraction of sp³-hybridized carbons (Fsp3) is 0.839. The number of unbranched alkanes of at least 4 members (excludes halogenated alkanes) is 17. The highest BCUT2D eigenvalue weighted by Crippen LogP contribution is 2.14. The maximum Gasteiger partial charge on any atom is 0.220 e. The lowest BCUT2D eigenvalue weighted by molar-refractivity contribution is -0.123. The van der Waals surface area contributed by atoms with E-state index < -0.39 is 12.1 Å². The molecule has 0 saturated carbocycles. The topological polar surface area (TPSA) is 69.6 Å². The first-order chi connectivity index (χ1) is 17.2. The average molecular weight is 494 g/mol. The Bertz CT molecular complexity index is 503. The second-order valence-electron chi connectivity index (χ2n) is 10.2. The second kappa shape index (κ2) is 27.5. The van der Waals surface area contributed by atoms with Gasteiger partial charge in [0.1, 0.15) is 0 Å². The molecule has 3 N–H and O–H groups in total. The summed E-state index contributed by atoms with van der Waals surface area (Å²) < 4.78 is 0. The molecule has 2 unspecified atom stereocenters. The van der Waals surface area contributed by atoms with E-state index in [4.69, 9.17) is 0 Å². The van der Waals surface area contributed by atoms with Crippen LogP contribution in [0.3, 0.4) is 0 Å². The zero-order chi connectivity index (χ0) is 25.8. The molecule has 0 rings (SSSR count). The first-order valence-corrected chi connectivity index (χ1v) is 15.1. The van der Waals surface area contributed by atoms with Crippen LogP contribution in [0.4, 0.5) is 0 Å². The van der Waals surface area contributed by atoms with Crippen LogP contribution in [-0.4, -0.2) is 34.9 Å². The second-order valence-corrected chi connectivity index (χ2v) is 10.2. The lowest BCUT2D eigenvalue weighted by Gasteiger charge is -2.19. The Balaban J connectivity index is 3.60. The zero-order valence-electron chi connectivity index (χ0n) is 23.3. The molecule has 0 spiro atoms. The molecule has 0 aliphatic heterocycles. The number of rotatable bonds is 26. The third-order valence-corrected chi connectivity index (χ3v) is 6.67. The summed E-state index contributed by atoms with van der Waals surface area (Å²) >= 11 is 0. The summed E-state index contributed by atoms with van der Waals surface area (Å²) in [7, 11) is 0. The molecule has 0 aliphatic rings. The number of aliphatic hydroxyl groups is 2. The van der Waals surface area contributed by atoms with E-state index in [2.05, 4.69) is 31.3 Å². The van der Waals surface area contributed by atoms with Gasteiger partial charge < -0.3 is 15.5 Å². The van der Waals surface area contributed by atoms with Gasteiger partial charge in [-0.05, 0) is 25.7 Å². The minimum absolute atomic E-state index is 0.0793. The van der Waals surface area contributed by atoms with E-state index in [0.29, 0.717) is 6.42 Å². The molecule has 0 bridgehead atoms. The van der Waals surface area contributed by atoms with Gasteiger partial charge in [-0.3, -0.25) is 4.79 Å². The van der Waals surface area contributed by atoms with Crippen LogP contribution in [-0.2, 0) is 4.79 Å². The lowest BCUT2D eigenvalue weighted by Crippen LogP contribution is -2.45. The fourth-order valence-corrected chi connectivity index (χ4v) is 4.32. The van der Waals surface area contributed by atoms with E-state index in [1.807, 2.05) is 6.08 Å². The first kappa shape index (κ1) is 33.9. The van der Waals surface area contributed by atoms with Crippen molar-refractivity contribution in [3.05, 3.63) is 24.3 Å². The standard InChI is InChI=1S/C31H59NO3/c1-3-5-7-9-11-12-13-14-15-16-17-18-19-21-23-25-27-31(35)32-29(28-33)30(34)26-24-22-20-10-8-6-4-2/h8,10,24,26,29-30,33-34H,3-7,9,11-23,25,27-28H2,1-2H3,(H,32,35)/b10-8+,26-24+. The van der Waals surface area contributed by atoms with Gasteiger partial charge in [0.05, 0.1) is 18.8 Å². The maximum absolute atomic E-state index is 12.2. The minimum Gasteiger partial charge on any atom is -0.394 e. The van der Waals surface area contributed by atoms with Crippen LogP contribution >= 0.6 is 0 Å². The molecule has 0 radical (unpaired) electrons. The largest absolute Gasteiger partial charge is 0.394 e. The summed E-state index contributed by atoms with van der Waals surface area (Å²) in [6.07, 6.45) is 32.6. The predicted molar refractivity (Wildman–Crippen MR) is 152 cm³/mol. The summed E-state index contributed by atoms with van der Waals surface area (Å²) in [6.45, 7) is 4.17. The van der Waals surface area contributed by atoms with E-state index in [1.54, 1.807) is 6.08 Å². The van der Waals surface area contributed by atoms with Crippen molar-refractivity contribution in [3.63, 3.8) is 0 Å². The van der Waals surface area contributed by atoms with Gasteiger partial charge in [0.15, 0.2) is 0 Å². The number of carbonyl (C=O) groups is 1. The van der Waals surface area contributed by atoms with Crippen LogP contribution in [0.1, 0.15) is 149 Å². The van der Waals surface area contributed by atoms with Crippen molar-refractivity contribution in [2.45, 2.75) is 161 Å². The molecule has 4 nitrogen and oxygen atoms in total. The molecular weight excluding hydrogens is 434 g/mol. The number of aliphatic hydroxyl groups excluding tert-OH is 2. The number of hydrogen-bond donors (Lipinski definition) is 3. The van der Waals surface area contributed by atoms with Gasteiger partial charge in [0, 0.05) is 6.42 Å².